The maximum atomic E-state index is 12.9. The number of carbonyl (C=O) groups is 3. The van der Waals surface area contributed by atoms with Gasteiger partial charge < -0.3 is 20.9 Å². The van der Waals surface area contributed by atoms with Crippen molar-refractivity contribution in [2.75, 3.05) is 12.8 Å². The highest BCUT2D eigenvalue weighted by Crippen LogP contribution is 2.34. The van der Waals surface area contributed by atoms with E-state index in [1.807, 2.05) is 13.0 Å². The standard InChI is InChI=1S/C26H22N4O6S/c1-13-6-11-18-19(23(32)30-26(27)28-18)21(13)37-17-9-7-14(8-10-17)22(31)29-20(25(35)36-2)15-4-3-5-16(12-15)24(33)34/h3-12,20H,1-2H3,(H,29,31)(H,33,34)(H3,27,28,30,32)/t20-/m0/s1. The zero-order valence-electron chi connectivity index (χ0n) is 19.8. The Kier molecular flexibility index (Phi) is 7.25. The summed E-state index contributed by atoms with van der Waals surface area (Å²) in [7, 11) is 1.18. The van der Waals surface area contributed by atoms with Crippen LogP contribution in [0.2, 0.25) is 0 Å². The topological polar surface area (TPSA) is 164 Å². The summed E-state index contributed by atoms with van der Waals surface area (Å²) in [4.78, 5) is 57.4. The Bertz CT molecular complexity index is 1580. The number of nitrogens with zero attached hydrogens (tertiary/aromatic N) is 1. The first-order valence-electron chi connectivity index (χ1n) is 11.0. The molecule has 4 aromatic rings. The number of anilines is 1. The summed E-state index contributed by atoms with van der Waals surface area (Å²) >= 11 is 1.35. The highest BCUT2D eigenvalue weighted by molar-refractivity contribution is 7.99. The molecule has 0 saturated heterocycles. The number of carbonyl (C=O) groups excluding carboxylic acids is 2. The predicted molar refractivity (Wildman–Crippen MR) is 138 cm³/mol. The number of aryl methyl sites for hydroxylation is 1. The molecule has 0 saturated carbocycles. The fourth-order valence-corrected chi connectivity index (χ4v) is 4.75. The minimum atomic E-state index is -1.20. The Balaban J connectivity index is 1.58. The molecule has 0 unspecified atom stereocenters. The molecule has 3 aromatic carbocycles. The van der Waals surface area contributed by atoms with Crippen LogP contribution < -0.4 is 16.6 Å². The monoisotopic (exact) mass is 518 g/mol. The summed E-state index contributed by atoms with van der Waals surface area (Å²) in [5.74, 6) is -2.42. The maximum absolute atomic E-state index is 12.9. The van der Waals surface area contributed by atoms with E-state index < -0.39 is 23.9 Å². The average molecular weight is 519 g/mol. The van der Waals surface area contributed by atoms with E-state index in [2.05, 4.69) is 15.3 Å². The Morgan fingerprint density at radius 2 is 1.81 bits per heavy atom. The molecule has 4 rings (SSSR count). The number of methoxy groups -OCH3 is 1. The van der Waals surface area contributed by atoms with E-state index in [0.29, 0.717) is 15.8 Å². The number of nitrogens with one attached hydrogen (secondary N) is 2. The molecule has 0 aliphatic rings. The van der Waals surface area contributed by atoms with E-state index in [4.69, 9.17) is 10.5 Å². The lowest BCUT2D eigenvalue weighted by atomic mass is 10.0. The molecule has 11 heteroatoms. The third kappa shape index (κ3) is 5.46. The van der Waals surface area contributed by atoms with Crippen molar-refractivity contribution < 1.29 is 24.2 Å². The van der Waals surface area contributed by atoms with E-state index in [0.717, 1.165) is 10.5 Å². The lowest BCUT2D eigenvalue weighted by Crippen LogP contribution is -2.34. The van der Waals surface area contributed by atoms with Crippen LogP contribution in [0.4, 0.5) is 5.95 Å². The van der Waals surface area contributed by atoms with Gasteiger partial charge in [0.1, 0.15) is 0 Å². The molecule has 0 fully saturated rings. The van der Waals surface area contributed by atoms with Crippen molar-refractivity contribution in [2.24, 2.45) is 0 Å². The van der Waals surface area contributed by atoms with E-state index in [1.54, 1.807) is 30.3 Å². The van der Waals surface area contributed by atoms with Gasteiger partial charge in [-0.15, -0.1) is 0 Å². The van der Waals surface area contributed by atoms with Gasteiger partial charge in [0.15, 0.2) is 6.04 Å². The summed E-state index contributed by atoms with van der Waals surface area (Å²) < 4.78 is 4.81. The highest BCUT2D eigenvalue weighted by atomic mass is 32.2. The van der Waals surface area contributed by atoms with Crippen LogP contribution in [0.5, 0.6) is 0 Å². The number of hydrogen-bond acceptors (Lipinski definition) is 8. The van der Waals surface area contributed by atoms with E-state index in [9.17, 15) is 24.3 Å². The molecule has 37 heavy (non-hydrogen) atoms. The number of nitrogen functional groups attached to an aromatic ring is 1. The van der Waals surface area contributed by atoms with Crippen LogP contribution in [0.25, 0.3) is 10.9 Å². The zero-order chi connectivity index (χ0) is 26.7. The molecule has 1 heterocycles. The van der Waals surface area contributed by atoms with Crippen molar-refractivity contribution in [3.63, 3.8) is 0 Å². The van der Waals surface area contributed by atoms with Gasteiger partial charge in [-0.1, -0.05) is 30.0 Å². The quantitative estimate of drug-likeness (QED) is 0.269. The average Bonchev–Trinajstić information content (AvgIpc) is 2.88. The number of aromatic carboxylic acids is 1. The predicted octanol–water partition coefficient (Wildman–Crippen LogP) is 3.31. The largest absolute Gasteiger partial charge is 0.478 e. The lowest BCUT2D eigenvalue weighted by molar-refractivity contribution is -0.143. The Morgan fingerprint density at radius 3 is 2.49 bits per heavy atom. The highest BCUT2D eigenvalue weighted by Gasteiger charge is 2.25. The van der Waals surface area contributed by atoms with Crippen molar-refractivity contribution >= 4 is 46.5 Å². The number of aromatic amines is 1. The normalized spacial score (nSPS) is 11.6. The van der Waals surface area contributed by atoms with Gasteiger partial charge in [-0.3, -0.25) is 14.6 Å². The number of fused-ring (bicyclic) bond motifs is 1. The molecule has 0 aliphatic carbocycles. The number of carboxylic acid groups (broad SMARTS) is 1. The van der Waals surface area contributed by atoms with Crippen LogP contribution in [0, 0.1) is 6.92 Å². The van der Waals surface area contributed by atoms with Crippen LogP contribution >= 0.6 is 11.8 Å². The molecular formula is C26H22N4O6S. The minimum absolute atomic E-state index is 0.0255. The number of rotatable bonds is 7. The second-order valence-corrected chi connectivity index (χ2v) is 9.13. The first-order chi connectivity index (χ1) is 17.7. The maximum Gasteiger partial charge on any atom is 0.335 e. The van der Waals surface area contributed by atoms with Gasteiger partial charge in [0.05, 0.1) is 23.6 Å². The summed E-state index contributed by atoms with van der Waals surface area (Å²) in [6, 6.07) is 14.7. The Hall–Kier alpha value is -4.64. The Morgan fingerprint density at radius 1 is 1.08 bits per heavy atom. The summed E-state index contributed by atoms with van der Waals surface area (Å²) in [6.07, 6.45) is 0. The van der Waals surface area contributed by atoms with E-state index in [-0.39, 0.29) is 28.2 Å². The number of amides is 1. The first kappa shape index (κ1) is 25.5. The molecule has 5 N–H and O–H groups in total. The molecule has 10 nitrogen and oxygen atoms in total. The number of H-pyrrole nitrogens is 1. The number of benzene rings is 3. The molecule has 1 amide bonds. The van der Waals surface area contributed by atoms with Gasteiger partial charge in [-0.05, 0) is 60.5 Å². The Labute approximate surface area is 214 Å². The number of nitrogens with two attached hydrogens (primary N) is 1. The van der Waals surface area contributed by atoms with Gasteiger partial charge in [0.2, 0.25) is 5.95 Å². The molecule has 0 radical (unpaired) electrons. The van der Waals surface area contributed by atoms with Gasteiger partial charge in [0, 0.05) is 15.4 Å². The van der Waals surface area contributed by atoms with Crippen LogP contribution in [-0.2, 0) is 9.53 Å². The lowest BCUT2D eigenvalue weighted by Gasteiger charge is -2.17. The third-order valence-electron chi connectivity index (χ3n) is 5.56. The summed E-state index contributed by atoms with van der Waals surface area (Å²) in [6.45, 7) is 1.88. The molecule has 1 atom stereocenters. The van der Waals surface area contributed by atoms with E-state index in [1.165, 1.54) is 43.1 Å². The van der Waals surface area contributed by atoms with Crippen LogP contribution in [-0.4, -0.2) is 40.0 Å². The van der Waals surface area contributed by atoms with Crippen LogP contribution in [0.1, 0.15) is 37.9 Å². The molecule has 1 aromatic heterocycles. The van der Waals surface area contributed by atoms with E-state index >= 15 is 0 Å². The molecule has 0 bridgehead atoms. The van der Waals surface area contributed by atoms with Crippen LogP contribution in [0.3, 0.4) is 0 Å². The molecular weight excluding hydrogens is 496 g/mol. The molecule has 0 spiro atoms. The van der Waals surface area contributed by atoms with Crippen LogP contribution in [0.15, 0.2) is 75.2 Å². The van der Waals surface area contributed by atoms with Crippen molar-refractivity contribution in [3.8, 4) is 0 Å². The second kappa shape index (κ2) is 10.5. The van der Waals surface area contributed by atoms with Gasteiger partial charge >= 0.3 is 11.9 Å². The number of ether oxygens (including phenoxy) is 1. The number of carboxylic acids is 1. The van der Waals surface area contributed by atoms with Crippen molar-refractivity contribution in [1.29, 1.82) is 0 Å². The van der Waals surface area contributed by atoms with Crippen molar-refractivity contribution in [2.45, 2.75) is 22.8 Å². The zero-order valence-corrected chi connectivity index (χ0v) is 20.6. The van der Waals surface area contributed by atoms with Gasteiger partial charge in [0.25, 0.3) is 11.5 Å². The molecule has 0 aliphatic heterocycles. The molecule has 188 valence electrons. The number of aromatic nitrogens is 2. The number of esters is 1. The van der Waals surface area contributed by atoms with Gasteiger partial charge in [-0.25, -0.2) is 14.6 Å². The first-order valence-corrected chi connectivity index (χ1v) is 11.8. The SMILES string of the molecule is COC(=O)[C@@H](NC(=O)c1ccc(Sc2c(C)ccc3nc(N)[nH]c(=O)c23)cc1)c1cccc(C(=O)O)c1. The minimum Gasteiger partial charge on any atom is -0.478 e. The van der Waals surface area contributed by atoms with Crippen molar-refractivity contribution in [1.82, 2.24) is 15.3 Å². The summed E-state index contributed by atoms with van der Waals surface area (Å²) in [5, 5.41) is 12.3. The van der Waals surface area contributed by atoms with Gasteiger partial charge in [-0.2, -0.15) is 0 Å². The third-order valence-corrected chi connectivity index (χ3v) is 6.80. The summed E-state index contributed by atoms with van der Waals surface area (Å²) in [5.41, 5.74) is 7.20. The fraction of sp³-hybridized carbons (Fsp3) is 0.115. The second-order valence-electron chi connectivity index (χ2n) is 8.04. The smallest absolute Gasteiger partial charge is 0.335 e. The van der Waals surface area contributed by atoms with Crippen molar-refractivity contribution in [3.05, 3.63) is 93.3 Å². The number of hydrogen-bond donors (Lipinski definition) is 4. The fourth-order valence-electron chi connectivity index (χ4n) is 3.71.